The summed E-state index contributed by atoms with van der Waals surface area (Å²) in [5.41, 5.74) is -1.17. The third-order valence-corrected chi connectivity index (χ3v) is 2.27. The number of esters is 1. The molecule has 1 aromatic heterocycles. The molecule has 0 aromatic carbocycles. The fourth-order valence-electron chi connectivity index (χ4n) is 1.20. The summed E-state index contributed by atoms with van der Waals surface area (Å²) < 4.78 is 29.6. The predicted molar refractivity (Wildman–Crippen MR) is 54.8 cm³/mol. The summed E-state index contributed by atoms with van der Waals surface area (Å²) in [6.07, 6.45) is -2.88. The number of methoxy groups -OCH3 is 1. The van der Waals surface area contributed by atoms with E-state index >= 15 is 0 Å². The molecule has 0 amide bonds. The van der Waals surface area contributed by atoms with Gasteiger partial charge in [0.1, 0.15) is 11.8 Å². The normalized spacial score (nSPS) is 10.1. The number of rotatable bonds is 3. The molecule has 1 aromatic rings. The number of carbonyl (C=O) groups excluding carboxylic acids is 1. The van der Waals surface area contributed by atoms with E-state index in [-0.39, 0.29) is 17.0 Å². The highest BCUT2D eigenvalue weighted by molar-refractivity contribution is 6.17. The smallest absolute Gasteiger partial charge is 0.358 e. The van der Waals surface area contributed by atoms with Gasteiger partial charge in [-0.25, -0.2) is 18.6 Å². The first-order valence-corrected chi connectivity index (χ1v) is 4.95. The van der Waals surface area contributed by atoms with Crippen LogP contribution in [-0.2, 0) is 10.6 Å². The van der Waals surface area contributed by atoms with Crippen LogP contribution in [-0.4, -0.2) is 18.1 Å². The van der Waals surface area contributed by atoms with Crippen LogP contribution >= 0.6 is 11.6 Å². The lowest BCUT2D eigenvalue weighted by Gasteiger charge is -2.08. The fraction of sp³-hybridized carbons (Fsp3) is 0.300. The van der Waals surface area contributed by atoms with Crippen molar-refractivity contribution in [3.63, 3.8) is 0 Å². The monoisotopic (exact) mass is 260 g/mol. The van der Waals surface area contributed by atoms with Crippen molar-refractivity contribution < 1.29 is 18.3 Å². The van der Waals surface area contributed by atoms with Crippen LogP contribution in [0.5, 0.6) is 0 Å². The van der Waals surface area contributed by atoms with E-state index in [1.807, 2.05) is 0 Å². The van der Waals surface area contributed by atoms with Crippen molar-refractivity contribution in [2.75, 3.05) is 7.11 Å². The second kappa shape index (κ2) is 5.55. The number of halogens is 3. The van der Waals surface area contributed by atoms with Gasteiger partial charge in [-0.15, -0.1) is 11.6 Å². The van der Waals surface area contributed by atoms with Crippen LogP contribution in [0.3, 0.4) is 0 Å². The zero-order chi connectivity index (χ0) is 13.0. The van der Waals surface area contributed by atoms with E-state index in [0.717, 1.165) is 13.2 Å². The maximum atomic E-state index is 12.6. The van der Waals surface area contributed by atoms with E-state index in [4.69, 9.17) is 16.9 Å². The average Bonchev–Trinajstić information content (AvgIpc) is 2.35. The number of alkyl halides is 3. The molecule has 0 N–H and O–H groups in total. The highest BCUT2D eigenvalue weighted by Crippen LogP contribution is 2.24. The Labute approximate surface area is 101 Å². The molecule has 0 unspecified atom stereocenters. The van der Waals surface area contributed by atoms with Gasteiger partial charge in [0, 0.05) is 5.88 Å². The Morgan fingerprint density at radius 3 is 2.76 bits per heavy atom. The molecular weight excluding hydrogens is 254 g/mol. The zero-order valence-corrected chi connectivity index (χ0v) is 9.46. The van der Waals surface area contributed by atoms with Crippen molar-refractivity contribution in [2.45, 2.75) is 12.3 Å². The molecule has 4 nitrogen and oxygen atoms in total. The Kier molecular flexibility index (Phi) is 4.35. The Morgan fingerprint density at radius 2 is 2.35 bits per heavy atom. The molecule has 0 radical (unpaired) electrons. The molecule has 0 bridgehead atoms. The molecule has 0 aliphatic rings. The molecule has 90 valence electrons. The first-order valence-electron chi connectivity index (χ1n) is 4.41. The van der Waals surface area contributed by atoms with Gasteiger partial charge in [0.25, 0.3) is 6.43 Å². The molecule has 7 heteroatoms. The van der Waals surface area contributed by atoms with Crippen LogP contribution in [0.2, 0.25) is 0 Å². The number of hydrogen-bond acceptors (Lipinski definition) is 4. The number of hydrogen-bond donors (Lipinski definition) is 0. The van der Waals surface area contributed by atoms with Crippen LogP contribution in [0.1, 0.15) is 33.7 Å². The van der Waals surface area contributed by atoms with Gasteiger partial charge in [0.15, 0.2) is 5.69 Å². The predicted octanol–water partition coefficient (Wildman–Crippen LogP) is 2.42. The van der Waals surface area contributed by atoms with Crippen molar-refractivity contribution in [3.05, 3.63) is 28.6 Å². The molecule has 0 aliphatic carbocycles. The SMILES string of the molecule is COC(=O)c1nc(C(F)F)c(CCl)cc1C#N. The van der Waals surface area contributed by atoms with E-state index < -0.39 is 23.8 Å². The van der Waals surface area contributed by atoms with Crippen LogP contribution in [0.15, 0.2) is 6.07 Å². The standard InChI is InChI=1S/C10H7ClF2N2O2/c1-17-10(16)8-6(4-14)2-5(3-11)7(15-8)9(12)13/h2,9H,3H2,1H3. The van der Waals surface area contributed by atoms with Crippen molar-refractivity contribution in [1.82, 2.24) is 4.98 Å². The summed E-state index contributed by atoms with van der Waals surface area (Å²) in [5, 5.41) is 8.78. The Morgan fingerprint density at radius 1 is 1.71 bits per heavy atom. The van der Waals surface area contributed by atoms with Gasteiger partial charge in [0.2, 0.25) is 0 Å². The Hall–Kier alpha value is -1.74. The third kappa shape index (κ3) is 2.68. The molecule has 1 heterocycles. The summed E-state index contributed by atoms with van der Waals surface area (Å²) in [5.74, 6) is -1.16. The van der Waals surface area contributed by atoms with Crippen molar-refractivity contribution in [1.29, 1.82) is 5.26 Å². The molecule has 0 saturated carbocycles. The third-order valence-electron chi connectivity index (χ3n) is 1.98. The summed E-state index contributed by atoms with van der Waals surface area (Å²) in [7, 11) is 1.07. The van der Waals surface area contributed by atoms with Crippen LogP contribution in [0.25, 0.3) is 0 Å². The van der Waals surface area contributed by atoms with Crippen molar-refractivity contribution in [2.24, 2.45) is 0 Å². The minimum Gasteiger partial charge on any atom is -0.464 e. The molecular formula is C10H7ClF2N2O2. The van der Waals surface area contributed by atoms with Gasteiger partial charge in [-0.2, -0.15) is 5.26 Å². The highest BCUT2D eigenvalue weighted by atomic mass is 35.5. The molecule has 0 spiro atoms. The number of carbonyl (C=O) groups is 1. The number of ether oxygens (including phenoxy) is 1. The zero-order valence-electron chi connectivity index (χ0n) is 8.71. The maximum Gasteiger partial charge on any atom is 0.358 e. The molecule has 17 heavy (non-hydrogen) atoms. The lowest BCUT2D eigenvalue weighted by molar-refractivity contribution is 0.0592. The van der Waals surface area contributed by atoms with E-state index in [1.165, 1.54) is 0 Å². The second-order valence-corrected chi connectivity index (χ2v) is 3.23. The van der Waals surface area contributed by atoms with Gasteiger partial charge >= 0.3 is 5.97 Å². The van der Waals surface area contributed by atoms with E-state index in [2.05, 4.69) is 9.72 Å². The van der Waals surface area contributed by atoms with Crippen molar-refractivity contribution >= 4 is 17.6 Å². The Bertz CT molecular complexity index is 486. The van der Waals surface area contributed by atoms with E-state index in [1.54, 1.807) is 6.07 Å². The Balaban J connectivity index is 3.45. The first kappa shape index (κ1) is 13.3. The van der Waals surface area contributed by atoms with Gasteiger partial charge in [-0.05, 0) is 11.6 Å². The lowest BCUT2D eigenvalue weighted by Crippen LogP contribution is -2.11. The highest BCUT2D eigenvalue weighted by Gasteiger charge is 2.22. The molecule has 0 fully saturated rings. The molecule has 0 atom stereocenters. The second-order valence-electron chi connectivity index (χ2n) is 2.97. The number of pyridine rings is 1. The lowest BCUT2D eigenvalue weighted by atomic mass is 10.1. The molecule has 1 rings (SSSR count). The summed E-state index contributed by atoms with van der Waals surface area (Å²) in [4.78, 5) is 14.7. The van der Waals surface area contributed by atoms with Crippen LogP contribution in [0, 0.1) is 11.3 Å². The number of nitrogens with zero attached hydrogens (tertiary/aromatic N) is 2. The largest absolute Gasteiger partial charge is 0.464 e. The van der Waals surface area contributed by atoms with E-state index in [0.29, 0.717) is 0 Å². The van der Waals surface area contributed by atoms with Gasteiger partial charge in [-0.3, -0.25) is 0 Å². The van der Waals surface area contributed by atoms with Crippen LogP contribution in [0.4, 0.5) is 8.78 Å². The maximum absolute atomic E-state index is 12.6. The summed E-state index contributed by atoms with van der Waals surface area (Å²) in [6, 6.07) is 2.80. The molecule has 0 saturated heterocycles. The van der Waals surface area contributed by atoms with Crippen LogP contribution < -0.4 is 0 Å². The van der Waals surface area contributed by atoms with Crippen molar-refractivity contribution in [3.8, 4) is 6.07 Å². The number of nitriles is 1. The van der Waals surface area contributed by atoms with E-state index in [9.17, 15) is 13.6 Å². The average molecular weight is 261 g/mol. The van der Waals surface area contributed by atoms with Gasteiger partial charge < -0.3 is 4.74 Å². The topological polar surface area (TPSA) is 63.0 Å². The van der Waals surface area contributed by atoms with Gasteiger partial charge in [-0.1, -0.05) is 0 Å². The summed E-state index contributed by atoms with van der Waals surface area (Å²) >= 11 is 5.47. The minimum atomic E-state index is -2.88. The van der Waals surface area contributed by atoms with Gasteiger partial charge in [0.05, 0.1) is 12.7 Å². The molecule has 0 aliphatic heterocycles. The minimum absolute atomic E-state index is 0.0193. The first-order chi connectivity index (χ1) is 8.04. The quantitative estimate of drug-likeness (QED) is 0.618. The fourth-order valence-corrected chi connectivity index (χ4v) is 1.42. The number of aromatic nitrogens is 1. The summed E-state index contributed by atoms with van der Waals surface area (Å²) in [6.45, 7) is 0.